The number of ether oxygens (including phenoxy) is 1. The molecule has 0 unspecified atom stereocenters. The van der Waals surface area contributed by atoms with Crippen molar-refractivity contribution in [2.75, 3.05) is 52.1 Å². The van der Waals surface area contributed by atoms with E-state index in [-0.39, 0.29) is 24.0 Å². The Labute approximate surface area is 217 Å². The highest BCUT2D eigenvalue weighted by Crippen LogP contribution is 2.08. The first kappa shape index (κ1) is 31.5. The number of sulfonamides is 1. The van der Waals surface area contributed by atoms with Crippen LogP contribution in [0.15, 0.2) is 40.3 Å². The number of amides is 1. The number of nitrogens with two attached hydrogens (primary N) is 1. The largest absolute Gasteiger partial charge is 0.441 e. The van der Waals surface area contributed by atoms with Crippen LogP contribution in [-0.2, 0) is 21.2 Å². The molecule has 0 spiro atoms. The Balaban J connectivity index is 2.96. The van der Waals surface area contributed by atoms with E-state index < -0.39 is 22.2 Å². The van der Waals surface area contributed by atoms with Crippen molar-refractivity contribution in [3.05, 3.63) is 35.9 Å². The van der Waals surface area contributed by atoms with Crippen molar-refractivity contribution in [2.24, 2.45) is 15.7 Å². The predicted molar refractivity (Wildman–Crippen MR) is 147 cm³/mol. The Hall–Kier alpha value is -2.50. The smallest absolute Gasteiger partial charge is 0.410 e. The van der Waals surface area contributed by atoms with Crippen molar-refractivity contribution in [3.8, 4) is 0 Å². The zero-order chi connectivity index (χ0) is 27.0. The number of rotatable bonds is 16. The van der Waals surface area contributed by atoms with Gasteiger partial charge >= 0.3 is 6.09 Å². The summed E-state index contributed by atoms with van der Waals surface area (Å²) < 4.78 is 33.8. The van der Waals surface area contributed by atoms with Crippen molar-refractivity contribution in [2.45, 2.75) is 53.0 Å². The van der Waals surface area contributed by atoms with Gasteiger partial charge in [0.2, 0.25) is 10.0 Å². The molecule has 0 aromatic heterocycles. The number of aryl methyl sites for hydroxylation is 1. The summed E-state index contributed by atoms with van der Waals surface area (Å²) in [5.74, 6) is 0.283. The van der Waals surface area contributed by atoms with E-state index >= 15 is 0 Å². The van der Waals surface area contributed by atoms with Gasteiger partial charge in [0.15, 0.2) is 12.4 Å². The SMILES string of the molecule is CCN(CC)CCCS(=O)(=O)N[C@H](CCc1ccccc1)C(N)=NC(COC(=O)N(CC)CC)=NC. The van der Waals surface area contributed by atoms with Gasteiger partial charge in [-0.1, -0.05) is 44.2 Å². The summed E-state index contributed by atoms with van der Waals surface area (Å²) in [6, 6.07) is 9.04. The molecule has 0 fully saturated rings. The van der Waals surface area contributed by atoms with Crippen LogP contribution in [0.3, 0.4) is 0 Å². The Kier molecular flexibility index (Phi) is 14.9. The maximum Gasteiger partial charge on any atom is 0.410 e. The molecule has 10 nitrogen and oxygen atoms in total. The Morgan fingerprint density at radius 1 is 1.08 bits per heavy atom. The summed E-state index contributed by atoms with van der Waals surface area (Å²) in [5, 5.41) is 0. The molecule has 1 aromatic rings. The van der Waals surface area contributed by atoms with Crippen molar-refractivity contribution in [1.82, 2.24) is 14.5 Å². The molecule has 11 heteroatoms. The third kappa shape index (κ3) is 12.0. The molecule has 0 aliphatic carbocycles. The van der Waals surface area contributed by atoms with Gasteiger partial charge in [0.05, 0.1) is 11.8 Å². The fraction of sp³-hybridized carbons (Fsp3) is 0.640. The normalized spacial score (nSPS) is 13.6. The van der Waals surface area contributed by atoms with Crippen LogP contribution in [0.4, 0.5) is 4.79 Å². The van der Waals surface area contributed by atoms with E-state index in [1.54, 1.807) is 0 Å². The van der Waals surface area contributed by atoms with Crippen LogP contribution in [0.25, 0.3) is 0 Å². The molecule has 0 saturated carbocycles. The van der Waals surface area contributed by atoms with Gasteiger partial charge in [0, 0.05) is 20.1 Å². The number of amidine groups is 2. The van der Waals surface area contributed by atoms with Gasteiger partial charge < -0.3 is 20.3 Å². The lowest BCUT2D eigenvalue weighted by Crippen LogP contribution is -2.46. The van der Waals surface area contributed by atoms with Crippen molar-refractivity contribution in [1.29, 1.82) is 0 Å². The first-order valence-electron chi connectivity index (χ1n) is 12.7. The van der Waals surface area contributed by atoms with E-state index in [1.807, 2.05) is 44.2 Å². The summed E-state index contributed by atoms with van der Waals surface area (Å²) >= 11 is 0. The summed E-state index contributed by atoms with van der Waals surface area (Å²) in [6.45, 7) is 11.2. The second kappa shape index (κ2) is 17.0. The second-order valence-corrected chi connectivity index (χ2v) is 10.2. The molecule has 0 bridgehead atoms. The Bertz CT molecular complexity index is 929. The number of nitrogens with zero attached hydrogens (tertiary/aromatic N) is 4. The van der Waals surface area contributed by atoms with Gasteiger partial charge in [0.1, 0.15) is 5.84 Å². The fourth-order valence-corrected chi connectivity index (χ4v) is 4.89. The minimum absolute atomic E-state index is 0.00513. The molecule has 1 aromatic carbocycles. The third-order valence-electron chi connectivity index (χ3n) is 5.89. The number of hydrogen-bond acceptors (Lipinski definition) is 6. The van der Waals surface area contributed by atoms with Crippen molar-refractivity contribution < 1.29 is 17.9 Å². The van der Waals surface area contributed by atoms with Gasteiger partial charge in [-0.25, -0.2) is 22.9 Å². The monoisotopic (exact) mass is 524 g/mol. The molecule has 1 atom stereocenters. The number of nitrogens with one attached hydrogen (secondary N) is 1. The van der Waals surface area contributed by atoms with Crippen molar-refractivity contribution in [3.63, 3.8) is 0 Å². The lowest BCUT2D eigenvalue weighted by atomic mass is 10.1. The molecule has 0 aliphatic rings. The number of hydrogen-bond donors (Lipinski definition) is 2. The summed E-state index contributed by atoms with van der Waals surface area (Å²) in [5.41, 5.74) is 7.35. The quantitative estimate of drug-likeness (QED) is 0.252. The van der Waals surface area contributed by atoms with E-state index in [4.69, 9.17) is 10.5 Å². The fourth-order valence-electron chi connectivity index (χ4n) is 3.59. The summed E-state index contributed by atoms with van der Waals surface area (Å²) in [7, 11) is -2.08. The maximum absolute atomic E-state index is 12.9. The maximum atomic E-state index is 12.9. The van der Waals surface area contributed by atoms with Crippen LogP contribution in [0.1, 0.15) is 46.1 Å². The highest BCUT2D eigenvalue weighted by molar-refractivity contribution is 7.89. The number of carbonyl (C=O) groups excluding carboxylic acids is 1. The molecule has 36 heavy (non-hydrogen) atoms. The molecule has 0 heterocycles. The summed E-state index contributed by atoms with van der Waals surface area (Å²) in [4.78, 5) is 24.3. The van der Waals surface area contributed by atoms with Gasteiger partial charge in [-0.2, -0.15) is 0 Å². The van der Waals surface area contributed by atoms with Crippen molar-refractivity contribution >= 4 is 27.8 Å². The molecule has 204 valence electrons. The van der Waals surface area contributed by atoms with Crippen LogP contribution in [0.2, 0.25) is 0 Å². The van der Waals surface area contributed by atoms with E-state index in [2.05, 4.69) is 33.5 Å². The van der Waals surface area contributed by atoms with E-state index in [0.29, 0.717) is 38.9 Å². The highest BCUT2D eigenvalue weighted by atomic mass is 32.2. The molecular weight excluding hydrogens is 480 g/mol. The minimum atomic E-state index is -3.60. The first-order chi connectivity index (χ1) is 17.2. The predicted octanol–water partition coefficient (Wildman–Crippen LogP) is 2.50. The Morgan fingerprint density at radius 2 is 1.72 bits per heavy atom. The first-order valence-corrected chi connectivity index (χ1v) is 14.3. The second-order valence-electron chi connectivity index (χ2n) is 8.30. The molecule has 0 radical (unpaired) electrons. The number of carbonyl (C=O) groups is 1. The molecule has 0 saturated heterocycles. The van der Waals surface area contributed by atoms with E-state index in [0.717, 1.165) is 18.7 Å². The molecular formula is C25H44N6O4S. The van der Waals surface area contributed by atoms with Gasteiger partial charge in [-0.15, -0.1) is 0 Å². The van der Waals surface area contributed by atoms with Gasteiger partial charge in [-0.3, -0.25) is 4.99 Å². The zero-order valence-corrected chi connectivity index (χ0v) is 23.3. The zero-order valence-electron chi connectivity index (χ0n) is 22.4. The molecule has 3 N–H and O–H groups in total. The van der Waals surface area contributed by atoms with Crippen LogP contribution >= 0.6 is 0 Å². The van der Waals surface area contributed by atoms with Crippen LogP contribution in [0.5, 0.6) is 0 Å². The molecule has 1 amide bonds. The number of benzene rings is 1. The average Bonchev–Trinajstić information content (AvgIpc) is 2.88. The highest BCUT2D eigenvalue weighted by Gasteiger charge is 2.22. The third-order valence-corrected chi connectivity index (χ3v) is 7.36. The average molecular weight is 525 g/mol. The van der Waals surface area contributed by atoms with Gasteiger partial charge in [-0.05, 0) is 58.3 Å². The lowest BCUT2D eigenvalue weighted by Gasteiger charge is -2.21. The van der Waals surface area contributed by atoms with E-state index in [9.17, 15) is 13.2 Å². The lowest BCUT2D eigenvalue weighted by molar-refractivity contribution is 0.119. The minimum Gasteiger partial charge on any atom is -0.441 e. The Morgan fingerprint density at radius 3 is 2.28 bits per heavy atom. The summed E-state index contributed by atoms with van der Waals surface area (Å²) in [6.07, 6.45) is 1.08. The standard InChI is InChI=1S/C25H44N6O4S/c1-6-30(7-2)18-13-19-36(33,34)29-22(17-16-21-14-11-10-12-15-21)24(26)28-23(27-5)20-35-25(32)31(8-3)9-4/h10-12,14-15,22,29H,6-9,13,16-20H2,1-5H3,(H2,26,27,28)/t22-/m1/s1. The van der Waals surface area contributed by atoms with Crippen LogP contribution < -0.4 is 10.5 Å². The van der Waals surface area contributed by atoms with Crippen LogP contribution in [0, 0.1) is 0 Å². The molecule has 1 rings (SSSR count). The van der Waals surface area contributed by atoms with Gasteiger partial charge in [0.25, 0.3) is 0 Å². The number of aliphatic imine (C=N–C) groups is 2. The topological polar surface area (TPSA) is 130 Å². The van der Waals surface area contributed by atoms with Crippen LogP contribution in [-0.4, -0.2) is 94.2 Å². The molecule has 0 aliphatic heterocycles. The van der Waals surface area contributed by atoms with E-state index in [1.165, 1.54) is 11.9 Å².